The van der Waals surface area contributed by atoms with E-state index in [1.54, 1.807) is 20.9 Å². The lowest BCUT2D eigenvalue weighted by Gasteiger charge is -2.39. The Morgan fingerprint density at radius 1 is 1.31 bits per heavy atom. The average molecular weight is 408 g/mol. The summed E-state index contributed by atoms with van der Waals surface area (Å²) in [5, 5.41) is 9.28. The highest BCUT2D eigenvalue weighted by Crippen LogP contribution is 2.45. The molecule has 1 fully saturated rings. The number of Topliss-reactive ketones (excluding diaryl/α,β-unsaturated/α-hetero) is 1. The molecule has 1 amide bonds. The number of hydrogen-bond acceptors (Lipinski definition) is 3. The second-order valence-corrected chi connectivity index (χ2v) is 8.96. The first-order valence-electron chi connectivity index (χ1n) is 9.82. The zero-order valence-electron chi connectivity index (χ0n) is 17.1. The third kappa shape index (κ3) is 5.01. The molecule has 0 spiro atoms. The van der Waals surface area contributed by atoms with Crippen LogP contribution in [0.25, 0.3) is 0 Å². The highest BCUT2D eigenvalue weighted by molar-refractivity contribution is 6.03. The molecule has 0 aliphatic heterocycles. The standard InChI is InChI=1S/C22H27F3N2O2/c1-5-21(12-16(13-26)18(28)20(2,3)14-21)10-11-27(4)19(29)15-6-8-17(9-7-15)22(23,24)25/h1,12,15,17H,6-11,14H2,2-4H3/t15-,17-,21-/m1/s1. The number of carbonyl (C=O) groups excluding carboxylic acids is 2. The van der Waals surface area contributed by atoms with E-state index in [-0.39, 0.29) is 42.9 Å². The molecule has 7 heteroatoms. The molecular weight excluding hydrogens is 381 g/mol. The lowest BCUT2D eigenvalue weighted by molar-refractivity contribution is -0.185. The van der Waals surface area contributed by atoms with E-state index in [4.69, 9.17) is 6.42 Å². The molecular formula is C22H27F3N2O2. The van der Waals surface area contributed by atoms with Crippen LogP contribution in [0.2, 0.25) is 0 Å². The smallest absolute Gasteiger partial charge is 0.345 e. The number of rotatable bonds is 4. The van der Waals surface area contributed by atoms with Gasteiger partial charge in [0.15, 0.2) is 5.78 Å². The fourth-order valence-electron chi connectivity index (χ4n) is 4.49. The fourth-order valence-corrected chi connectivity index (χ4v) is 4.49. The van der Waals surface area contributed by atoms with Crippen LogP contribution in [0.15, 0.2) is 11.6 Å². The van der Waals surface area contributed by atoms with Gasteiger partial charge in [0.1, 0.15) is 6.07 Å². The predicted molar refractivity (Wildman–Crippen MR) is 102 cm³/mol. The topological polar surface area (TPSA) is 61.2 Å². The van der Waals surface area contributed by atoms with Gasteiger partial charge in [-0.05, 0) is 44.6 Å². The first-order chi connectivity index (χ1) is 13.3. The largest absolute Gasteiger partial charge is 0.391 e. The molecule has 0 heterocycles. The zero-order chi connectivity index (χ0) is 22.0. The van der Waals surface area contributed by atoms with Gasteiger partial charge in [0.2, 0.25) is 5.91 Å². The average Bonchev–Trinajstić information content (AvgIpc) is 2.67. The van der Waals surface area contributed by atoms with Gasteiger partial charge in [-0.3, -0.25) is 9.59 Å². The number of ketones is 1. The Morgan fingerprint density at radius 3 is 2.38 bits per heavy atom. The molecule has 1 saturated carbocycles. The Kier molecular flexibility index (Phi) is 6.52. The molecule has 2 aliphatic rings. The number of nitriles is 1. The summed E-state index contributed by atoms with van der Waals surface area (Å²) in [7, 11) is 1.62. The SMILES string of the molecule is C#C[C@@]1(CCN(C)C(=O)[C@H]2CC[C@H](C(F)(F)F)CC2)C=C(C#N)C(=O)C(C)(C)C1. The third-order valence-corrected chi connectivity index (χ3v) is 6.25. The van der Waals surface area contributed by atoms with E-state index in [1.807, 2.05) is 6.07 Å². The van der Waals surface area contributed by atoms with Crippen molar-refractivity contribution in [3.8, 4) is 18.4 Å². The molecule has 0 aromatic carbocycles. The number of terminal acetylenes is 1. The maximum absolute atomic E-state index is 12.8. The second kappa shape index (κ2) is 8.22. The minimum absolute atomic E-state index is 0.0212. The van der Waals surface area contributed by atoms with Crippen molar-refractivity contribution < 1.29 is 22.8 Å². The molecule has 0 saturated heterocycles. The van der Waals surface area contributed by atoms with Crippen molar-refractivity contribution in [3.63, 3.8) is 0 Å². The van der Waals surface area contributed by atoms with Gasteiger partial charge in [0.05, 0.1) is 16.9 Å². The van der Waals surface area contributed by atoms with E-state index in [1.165, 1.54) is 11.0 Å². The van der Waals surface area contributed by atoms with Crippen LogP contribution in [0.5, 0.6) is 0 Å². The van der Waals surface area contributed by atoms with Crippen molar-refractivity contribution in [1.82, 2.24) is 4.90 Å². The highest BCUT2D eigenvalue weighted by atomic mass is 19.4. The summed E-state index contributed by atoms with van der Waals surface area (Å²) < 4.78 is 38.5. The minimum atomic E-state index is -4.20. The normalized spacial score (nSPS) is 29.4. The Hall–Kier alpha value is -2.28. The van der Waals surface area contributed by atoms with Crippen LogP contribution < -0.4 is 0 Å². The van der Waals surface area contributed by atoms with Gasteiger partial charge < -0.3 is 4.90 Å². The van der Waals surface area contributed by atoms with Gasteiger partial charge in [-0.15, -0.1) is 6.42 Å². The minimum Gasteiger partial charge on any atom is -0.345 e. The third-order valence-electron chi connectivity index (χ3n) is 6.25. The second-order valence-electron chi connectivity index (χ2n) is 8.96. The van der Waals surface area contributed by atoms with Crippen LogP contribution in [0.1, 0.15) is 52.4 Å². The van der Waals surface area contributed by atoms with Gasteiger partial charge in [-0.1, -0.05) is 19.8 Å². The summed E-state index contributed by atoms with van der Waals surface area (Å²) in [6, 6.07) is 1.92. The van der Waals surface area contributed by atoms with Crippen molar-refractivity contribution in [2.24, 2.45) is 22.7 Å². The van der Waals surface area contributed by atoms with Crippen molar-refractivity contribution in [3.05, 3.63) is 11.6 Å². The molecule has 2 aliphatic carbocycles. The number of nitrogens with zero attached hydrogens (tertiary/aromatic N) is 2. The van der Waals surface area contributed by atoms with Crippen LogP contribution in [-0.2, 0) is 9.59 Å². The molecule has 4 nitrogen and oxygen atoms in total. The van der Waals surface area contributed by atoms with E-state index < -0.39 is 28.8 Å². The number of alkyl halides is 3. The van der Waals surface area contributed by atoms with Crippen LogP contribution >= 0.6 is 0 Å². The van der Waals surface area contributed by atoms with E-state index in [9.17, 15) is 28.0 Å². The Bertz CT molecular complexity index is 777. The Labute approximate surface area is 170 Å². The molecule has 0 aromatic rings. The van der Waals surface area contributed by atoms with E-state index in [2.05, 4.69) is 5.92 Å². The quantitative estimate of drug-likeness (QED) is 0.653. The summed E-state index contributed by atoms with van der Waals surface area (Å²) in [6.45, 7) is 3.81. The van der Waals surface area contributed by atoms with E-state index >= 15 is 0 Å². The highest BCUT2D eigenvalue weighted by Gasteiger charge is 2.45. The molecule has 0 radical (unpaired) electrons. The van der Waals surface area contributed by atoms with Gasteiger partial charge in [0.25, 0.3) is 0 Å². The summed E-state index contributed by atoms with van der Waals surface area (Å²) in [5.74, 6) is 0.571. The number of halogens is 3. The fraction of sp³-hybridized carbons (Fsp3) is 0.682. The van der Waals surface area contributed by atoms with Crippen LogP contribution in [0.4, 0.5) is 13.2 Å². The number of allylic oxidation sites excluding steroid dienone is 2. The van der Waals surface area contributed by atoms with Crippen molar-refractivity contribution in [2.75, 3.05) is 13.6 Å². The molecule has 1 atom stereocenters. The summed E-state index contributed by atoms with van der Waals surface area (Å²) in [4.78, 5) is 26.5. The molecule has 158 valence electrons. The van der Waals surface area contributed by atoms with Crippen molar-refractivity contribution >= 4 is 11.7 Å². The number of amides is 1. The van der Waals surface area contributed by atoms with Gasteiger partial charge >= 0.3 is 6.18 Å². The maximum Gasteiger partial charge on any atom is 0.391 e. The zero-order valence-corrected chi connectivity index (χ0v) is 17.1. The maximum atomic E-state index is 12.8. The van der Waals surface area contributed by atoms with Gasteiger partial charge in [0, 0.05) is 24.9 Å². The van der Waals surface area contributed by atoms with E-state index in [0.717, 1.165) is 0 Å². The monoisotopic (exact) mass is 408 g/mol. The number of carbonyl (C=O) groups is 2. The van der Waals surface area contributed by atoms with Gasteiger partial charge in [-0.2, -0.15) is 18.4 Å². The molecule has 0 N–H and O–H groups in total. The predicted octanol–water partition coefficient (Wildman–Crippen LogP) is 4.27. The van der Waals surface area contributed by atoms with Crippen LogP contribution in [-0.4, -0.2) is 36.4 Å². The molecule has 0 bridgehead atoms. The Balaban J connectivity index is 2.02. The lowest BCUT2D eigenvalue weighted by Crippen LogP contribution is -2.41. The van der Waals surface area contributed by atoms with Crippen molar-refractivity contribution in [2.45, 2.75) is 58.5 Å². The molecule has 0 unspecified atom stereocenters. The number of hydrogen-bond donors (Lipinski definition) is 0. The summed E-state index contributed by atoms with van der Waals surface area (Å²) >= 11 is 0. The lowest BCUT2D eigenvalue weighted by atomic mass is 9.63. The first kappa shape index (κ1) is 23.0. The van der Waals surface area contributed by atoms with Crippen LogP contribution in [0, 0.1) is 46.3 Å². The van der Waals surface area contributed by atoms with Crippen LogP contribution in [0.3, 0.4) is 0 Å². The van der Waals surface area contributed by atoms with Crippen molar-refractivity contribution in [1.29, 1.82) is 5.26 Å². The molecule has 29 heavy (non-hydrogen) atoms. The van der Waals surface area contributed by atoms with E-state index in [0.29, 0.717) is 19.4 Å². The Morgan fingerprint density at radius 2 is 1.90 bits per heavy atom. The summed E-state index contributed by atoms with van der Waals surface area (Å²) in [5.41, 5.74) is -1.55. The molecule has 2 rings (SSSR count). The summed E-state index contributed by atoms with van der Waals surface area (Å²) in [6.07, 6.45) is 4.27. The first-order valence-corrected chi connectivity index (χ1v) is 9.82. The molecule has 0 aromatic heterocycles. The van der Waals surface area contributed by atoms with Gasteiger partial charge in [-0.25, -0.2) is 0 Å².